The number of aromatic nitrogens is 1. The van der Waals surface area contributed by atoms with Gasteiger partial charge in [0.15, 0.2) is 0 Å². The third-order valence-corrected chi connectivity index (χ3v) is 4.78. The summed E-state index contributed by atoms with van der Waals surface area (Å²) in [7, 11) is 0. The number of likely N-dealkylation sites (tertiary alicyclic amines) is 1. The van der Waals surface area contributed by atoms with Crippen LogP contribution in [-0.4, -0.2) is 40.6 Å². The molecule has 6 heteroatoms. The predicted octanol–water partition coefficient (Wildman–Crippen LogP) is 4.49. The highest BCUT2D eigenvalue weighted by molar-refractivity contribution is 5.89. The number of esters is 1. The number of ether oxygens (including phenoxy) is 2. The predicted molar refractivity (Wildman–Crippen MR) is 106 cm³/mol. The first-order valence-corrected chi connectivity index (χ1v) is 9.70. The average molecular weight is 384 g/mol. The molecule has 2 heterocycles. The summed E-state index contributed by atoms with van der Waals surface area (Å²) in [4.78, 5) is 29.5. The van der Waals surface area contributed by atoms with Crippen LogP contribution in [0.15, 0.2) is 42.6 Å². The molecule has 1 amide bonds. The van der Waals surface area contributed by atoms with Gasteiger partial charge in [-0.3, -0.25) is 0 Å². The zero-order valence-corrected chi connectivity index (χ0v) is 16.7. The Labute approximate surface area is 165 Å². The van der Waals surface area contributed by atoms with Crippen molar-refractivity contribution in [3.63, 3.8) is 0 Å². The molecule has 0 bridgehead atoms. The molecule has 0 spiro atoms. The maximum absolute atomic E-state index is 12.5. The molecule has 3 rings (SSSR count). The number of rotatable bonds is 4. The summed E-state index contributed by atoms with van der Waals surface area (Å²) < 4.78 is 10.9. The van der Waals surface area contributed by atoms with Gasteiger partial charge >= 0.3 is 12.1 Å². The van der Waals surface area contributed by atoms with Gasteiger partial charge in [-0.15, -0.1) is 0 Å². The number of H-pyrrole nitrogens is 1. The molecule has 0 atom stereocenters. The molecule has 1 aromatic heterocycles. The highest BCUT2D eigenvalue weighted by Gasteiger charge is 2.30. The van der Waals surface area contributed by atoms with Crippen molar-refractivity contribution in [2.24, 2.45) is 0 Å². The van der Waals surface area contributed by atoms with E-state index in [4.69, 9.17) is 9.47 Å². The zero-order valence-electron chi connectivity index (χ0n) is 16.7. The normalized spacial score (nSPS) is 15.3. The summed E-state index contributed by atoms with van der Waals surface area (Å²) in [5, 5.41) is 0. The Morgan fingerprint density at radius 1 is 1.11 bits per heavy atom. The lowest BCUT2D eigenvalue weighted by Gasteiger charge is -2.33. The van der Waals surface area contributed by atoms with E-state index in [9.17, 15) is 9.59 Å². The average Bonchev–Trinajstić information content (AvgIpc) is 3.15. The Morgan fingerprint density at radius 2 is 1.79 bits per heavy atom. The van der Waals surface area contributed by atoms with Crippen molar-refractivity contribution in [1.82, 2.24) is 9.88 Å². The Bertz CT molecular complexity index is 799. The van der Waals surface area contributed by atoms with Crippen LogP contribution < -0.4 is 0 Å². The maximum atomic E-state index is 12.5. The van der Waals surface area contributed by atoms with Gasteiger partial charge in [0.2, 0.25) is 0 Å². The van der Waals surface area contributed by atoms with Crippen LogP contribution in [0.25, 0.3) is 0 Å². The van der Waals surface area contributed by atoms with E-state index in [0.29, 0.717) is 18.8 Å². The third-order valence-electron chi connectivity index (χ3n) is 4.78. The summed E-state index contributed by atoms with van der Waals surface area (Å²) in [5.74, 6) is -0.136. The number of carbonyl (C=O) groups is 2. The second kappa shape index (κ2) is 8.50. The number of benzene rings is 1. The van der Waals surface area contributed by atoms with Gasteiger partial charge in [-0.1, -0.05) is 30.3 Å². The van der Waals surface area contributed by atoms with E-state index < -0.39 is 5.60 Å². The van der Waals surface area contributed by atoms with E-state index in [1.807, 2.05) is 57.2 Å². The fourth-order valence-electron chi connectivity index (χ4n) is 3.39. The molecule has 0 unspecified atom stereocenters. The van der Waals surface area contributed by atoms with E-state index in [2.05, 4.69) is 4.98 Å². The lowest BCUT2D eigenvalue weighted by Crippen LogP contribution is -2.41. The SMILES string of the molecule is CC(C)(C)OC(=O)N1CCC(c2cc[nH]c2C(=O)OCc2ccccc2)CC1. The molecule has 28 heavy (non-hydrogen) atoms. The van der Waals surface area contributed by atoms with E-state index >= 15 is 0 Å². The number of nitrogens with one attached hydrogen (secondary N) is 1. The van der Waals surface area contributed by atoms with Crippen LogP contribution in [-0.2, 0) is 16.1 Å². The smallest absolute Gasteiger partial charge is 0.410 e. The standard InChI is InChI=1S/C22H28N2O4/c1-22(2,3)28-21(26)24-13-10-17(11-14-24)18-9-12-23-19(18)20(25)27-15-16-7-5-4-6-8-16/h4-9,12,17,23H,10-11,13-15H2,1-3H3. The number of hydrogen-bond acceptors (Lipinski definition) is 4. The molecule has 1 N–H and O–H groups in total. The fraction of sp³-hybridized carbons (Fsp3) is 0.455. The van der Waals surface area contributed by atoms with Gasteiger partial charge in [0.05, 0.1) is 0 Å². The molecular formula is C22H28N2O4. The second-order valence-corrected chi connectivity index (χ2v) is 8.11. The molecule has 1 aliphatic rings. The number of amides is 1. The fourth-order valence-corrected chi connectivity index (χ4v) is 3.39. The minimum absolute atomic E-state index is 0.212. The van der Waals surface area contributed by atoms with Crippen molar-refractivity contribution in [2.75, 3.05) is 13.1 Å². The van der Waals surface area contributed by atoms with Crippen LogP contribution in [0.4, 0.5) is 4.79 Å². The quantitative estimate of drug-likeness (QED) is 0.789. The van der Waals surface area contributed by atoms with E-state index in [0.717, 1.165) is 24.0 Å². The number of aromatic amines is 1. The van der Waals surface area contributed by atoms with Gasteiger partial charge in [-0.05, 0) is 56.7 Å². The maximum Gasteiger partial charge on any atom is 0.410 e. The Kier molecular flexibility index (Phi) is 6.07. The lowest BCUT2D eigenvalue weighted by molar-refractivity contribution is 0.0203. The van der Waals surface area contributed by atoms with Gasteiger partial charge < -0.3 is 19.4 Å². The first-order chi connectivity index (χ1) is 13.3. The van der Waals surface area contributed by atoms with Gasteiger partial charge in [-0.25, -0.2) is 9.59 Å². The molecule has 0 saturated carbocycles. The topological polar surface area (TPSA) is 71.6 Å². The summed E-state index contributed by atoms with van der Waals surface area (Å²) in [6.07, 6.45) is 3.07. The van der Waals surface area contributed by atoms with Crippen molar-refractivity contribution in [3.05, 3.63) is 59.4 Å². The van der Waals surface area contributed by atoms with Crippen molar-refractivity contribution in [1.29, 1.82) is 0 Å². The van der Waals surface area contributed by atoms with Crippen LogP contribution in [0.1, 0.15) is 61.1 Å². The van der Waals surface area contributed by atoms with Crippen LogP contribution >= 0.6 is 0 Å². The molecule has 2 aromatic rings. The van der Waals surface area contributed by atoms with Crippen molar-refractivity contribution in [2.45, 2.75) is 51.7 Å². The summed E-state index contributed by atoms with van der Waals surface area (Å²) >= 11 is 0. The van der Waals surface area contributed by atoms with Crippen molar-refractivity contribution >= 4 is 12.1 Å². The minimum Gasteiger partial charge on any atom is -0.456 e. The number of carbonyl (C=O) groups excluding carboxylic acids is 2. The lowest BCUT2D eigenvalue weighted by atomic mass is 9.89. The number of piperidine rings is 1. The summed E-state index contributed by atoms with van der Waals surface area (Å²) in [6.45, 7) is 7.07. The van der Waals surface area contributed by atoms with Crippen LogP contribution in [0, 0.1) is 0 Å². The Morgan fingerprint density at radius 3 is 2.43 bits per heavy atom. The van der Waals surface area contributed by atoms with Crippen LogP contribution in [0.2, 0.25) is 0 Å². The number of hydrogen-bond donors (Lipinski definition) is 1. The summed E-state index contributed by atoms with van der Waals surface area (Å²) in [5.41, 5.74) is 1.92. The molecule has 1 fully saturated rings. The molecule has 1 saturated heterocycles. The first-order valence-electron chi connectivity index (χ1n) is 9.70. The van der Waals surface area contributed by atoms with Gasteiger partial charge in [0, 0.05) is 19.3 Å². The molecule has 1 aliphatic heterocycles. The van der Waals surface area contributed by atoms with E-state index in [-0.39, 0.29) is 24.6 Å². The Hall–Kier alpha value is -2.76. The highest BCUT2D eigenvalue weighted by Crippen LogP contribution is 2.31. The molecular weight excluding hydrogens is 356 g/mol. The monoisotopic (exact) mass is 384 g/mol. The van der Waals surface area contributed by atoms with Crippen molar-refractivity contribution < 1.29 is 19.1 Å². The Balaban J connectivity index is 1.57. The largest absolute Gasteiger partial charge is 0.456 e. The van der Waals surface area contributed by atoms with Crippen molar-refractivity contribution in [3.8, 4) is 0 Å². The summed E-state index contributed by atoms with van der Waals surface area (Å²) in [6, 6.07) is 11.6. The molecule has 0 aliphatic carbocycles. The first kappa shape index (κ1) is 20.0. The van der Waals surface area contributed by atoms with Crippen LogP contribution in [0.5, 0.6) is 0 Å². The third kappa shape index (κ3) is 5.15. The zero-order chi connectivity index (χ0) is 20.1. The van der Waals surface area contributed by atoms with Gasteiger partial charge in [0.1, 0.15) is 17.9 Å². The van der Waals surface area contributed by atoms with E-state index in [1.54, 1.807) is 11.1 Å². The molecule has 0 radical (unpaired) electrons. The second-order valence-electron chi connectivity index (χ2n) is 8.11. The number of nitrogens with zero attached hydrogens (tertiary/aromatic N) is 1. The molecule has 150 valence electrons. The van der Waals surface area contributed by atoms with E-state index in [1.165, 1.54) is 0 Å². The molecule has 1 aromatic carbocycles. The highest BCUT2D eigenvalue weighted by atomic mass is 16.6. The van der Waals surface area contributed by atoms with Gasteiger partial charge in [0.25, 0.3) is 0 Å². The van der Waals surface area contributed by atoms with Crippen LogP contribution in [0.3, 0.4) is 0 Å². The van der Waals surface area contributed by atoms with Gasteiger partial charge in [-0.2, -0.15) is 0 Å². The molecule has 6 nitrogen and oxygen atoms in total. The minimum atomic E-state index is -0.496.